The summed E-state index contributed by atoms with van der Waals surface area (Å²) in [7, 11) is 0. The van der Waals surface area contributed by atoms with E-state index in [0.29, 0.717) is 6.04 Å². The third-order valence-corrected chi connectivity index (χ3v) is 5.54. The van der Waals surface area contributed by atoms with Gasteiger partial charge in [0.25, 0.3) is 0 Å². The van der Waals surface area contributed by atoms with Crippen LogP contribution < -0.4 is 5.32 Å². The van der Waals surface area contributed by atoms with Crippen molar-refractivity contribution in [3.8, 4) is 0 Å². The predicted octanol–water partition coefficient (Wildman–Crippen LogP) is 5.48. The maximum atomic E-state index is 3.73. The van der Waals surface area contributed by atoms with E-state index >= 15 is 0 Å². The van der Waals surface area contributed by atoms with Gasteiger partial charge in [-0.05, 0) is 48.7 Å². The lowest BCUT2D eigenvalue weighted by Gasteiger charge is -2.26. The van der Waals surface area contributed by atoms with E-state index in [1.54, 1.807) is 0 Å². The molecule has 1 nitrogen and oxygen atoms in total. The molecular formula is C18H27NS. The first-order valence-corrected chi connectivity index (χ1v) is 8.52. The van der Waals surface area contributed by atoms with Crippen molar-refractivity contribution in [2.24, 2.45) is 17.8 Å². The van der Waals surface area contributed by atoms with Gasteiger partial charge in [-0.3, -0.25) is 0 Å². The van der Waals surface area contributed by atoms with Crippen LogP contribution in [0.2, 0.25) is 0 Å². The van der Waals surface area contributed by atoms with E-state index in [0.717, 1.165) is 24.3 Å². The molecule has 2 rings (SSSR count). The minimum Gasteiger partial charge on any atom is -0.309 e. The Morgan fingerprint density at radius 3 is 2.25 bits per heavy atom. The smallest absolute Gasteiger partial charge is 0.0386 e. The molecule has 0 aliphatic rings. The molecular weight excluding hydrogens is 262 g/mol. The second-order valence-electron chi connectivity index (χ2n) is 6.47. The molecule has 1 aromatic carbocycles. The molecule has 1 atom stereocenters. The van der Waals surface area contributed by atoms with Crippen molar-refractivity contribution < 1.29 is 0 Å². The lowest BCUT2D eigenvalue weighted by atomic mass is 9.85. The molecule has 0 amide bonds. The Kier molecular flexibility index (Phi) is 5.22. The molecule has 0 fully saturated rings. The number of fused-ring (bicyclic) bond motifs is 1. The standard InChI is InChI=1S/C18H27NS/c1-12(2)16(13(3)4)11-19-14(5)18-10-15-8-6-7-9-17(15)20-18/h6-10,12-14,16,19H,11H2,1-5H3. The first kappa shape index (κ1) is 15.5. The zero-order valence-electron chi connectivity index (χ0n) is 13.3. The normalized spacial score (nSPS) is 13.8. The number of benzene rings is 1. The van der Waals surface area contributed by atoms with E-state index in [2.05, 4.69) is 70.3 Å². The van der Waals surface area contributed by atoms with Crippen LogP contribution in [-0.4, -0.2) is 6.54 Å². The van der Waals surface area contributed by atoms with Gasteiger partial charge in [0, 0.05) is 15.6 Å². The Balaban J connectivity index is 2.02. The van der Waals surface area contributed by atoms with Crippen LogP contribution in [0.3, 0.4) is 0 Å². The van der Waals surface area contributed by atoms with Crippen LogP contribution in [-0.2, 0) is 0 Å². The molecule has 0 aliphatic heterocycles. The third-order valence-electron chi connectivity index (χ3n) is 4.24. The first-order valence-electron chi connectivity index (χ1n) is 7.71. The summed E-state index contributed by atoms with van der Waals surface area (Å²) in [5, 5.41) is 5.10. The highest BCUT2D eigenvalue weighted by Gasteiger charge is 2.18. The second kappa shape index (κ2) is 6.73. The molecule has 1 unspecified atom stereocenters. The number of rotatable bonds is 6. The van der Waals surface area contributed by atoms with Crippen molar-refractivity contribution in [2.75, 3.05) is 6.54 Å². The average Bonchev–Trinajstić information content (AvgIpc) is 2.81. The molecule has 0 saturated carbocycles. The van der Waals surface area contributed by atoms with Crippen LogP contribution in [0, 0.1) is 17.8 Å². The first-order chi connectivity index (χ1) is 9.49. The fourth-order valence-corrected chi connectivity index (χ4v) is 3.96. The molecule has 110 valence electrons. The van der Waals surface area contributed by atoms with E-state index in [9.17, 15) is 0 Å². The molecule has 0 saturated heterocycles. The zero-order valence-corrected chi connectivity index (χ0v) is 14.1. The van der Waals surface area contributed by atoms with E-state index in [1.807, 2.05) is 11.3 Å². The third kappa shape index (κ3) is 3.62. The summed E-state index contributed by atoms with van der Waals surface area (Å²) >= 11 is 1.91. The SMILES string of the molecule is CC(NCC(C(C)C)C(C)C)c1cc2ccccc2s1. The molecule has 1 aromatic heterocycles. The van der Waals surface area contributed by atoms with Crippen molar-refractivity contribution >= 4 is 21.4 Å². The average molecular weight is 289 g/mol. The van der Waals surface area contributed by atoms with Crippen LogP contribution >= 0.6 is 11.3 Å². The largest absolute Gasteiger partial charge is 0.309 e. The summed E-state index contributed by atoms with van der Waals surface area (Å²) in [4.78, 5) is 1.44. The maximum Gasteiger partial charge on any atom is 0.0386 e. The van der Waals surface area contributed by atoms with Crippen LogP contribution in [0.5, 0.6) is 0 Å². The molecule has 0 radical (unpaired) electrons. The minimum absolute atomic E-state index is 0.437. The number of thiophene rings is 1. The lowest BCUT2D eigenvalue weighted by molar-refractivity contribution is 0.268. The minimum atomic E-state index is 0.437. The second-order valence-corrected chi connectivity index (χ2v) is 7.58. The Morgan fingerprint density at radius 1 is 1.00 bits per heavy atom. The van der Waals surface area contributed by atoms with Gasteiger partial charge in [-0.15, -0.1) is 11.3 Å². The quantitative estimate of drug-likeness (QED) is 0.742. The number of nitrogens with one attached hydrogen (secondary N) is 1. The summed E-state index contributed by atoms with van der Waals surface area (Å²) < 4.78 is 1.39. The monoisotopic (exact) mass is 289 g/mol. The van der Waals surface area contributed by atoms with Crippen molar-refractivity contribution in [1.82, 2.24) is 5.32 Å². The van der Waals surface area contributed by atoms with Gasteiger partial charge in [-0.25, -0.2) is 0 Å². The summed E-state index contributed by atoms with van der Waals surface area (Å²) in [5.74, 6) is 2.21. The lowest BCUT2D eigenvalue weighted by Crippen LogP contribution is -2.31. The van der Waals surface area contributed by atoms with Gasteiger partial charge in [-0.2, -0.15) is 0 Å². The van der Waals surface area contributed by atoms with Gasteiger partial charge in [-0.1, -0.05) is 45.9 Å². The van der Waals surface area contributed by atoms with Gasteiger partial charge in [0.2, 0.25) is 0 Å². The molecule has 0 aliphatic carbocycles. The number of hydrogen-bond donors (Lipinski definition) is 1. The fraction of sp³-hybridized carbons (Fsp3) is 0.556. The topological polar surface area (TPSA) is 12.0 Å². The molecule has 20 heavy (non-hydrogen) atoms. The van der Waals surface area contributed by atoms with E-state index in [-0.39, 0.29) is 0 Å². The van der Waals surface area contributed by atoms with Gasteiger partial charge in [0.05, 0.1) is 0 Å². The van der Waals surface area contributed by atoms with Gasteiger partial charge in [0.15, 0.2) is 0 Å². The molecule has 1 N–H and O–H groups in total. The van der Waals surface area contributed by atoms with Crippen LogP contribution in [0.15, 0.2) is 30.3 Å². The van der Waals surface area contributed by atoms with Crippen molar-refractivity contribution in [2.45, 2.75) is 40.7 Å². The van der Waals surface area contributed by atoms with E-state index in [4.69, 9.17) is 0 Å². The van der Waals surface area contributed by atoms with Gasteiger partial charge in [0.1, 0.15) is 0 Å². The highest BCUT2D eigenvalue weighted by Crippen LogP contribution is 2.30. The highest BCUT2D eigenvalue weighted by molar-refractivity contribution is 7.19. The van der Waals surface area contributed by atoms with E-state index in [1.165, 1.54) is 15.0 Å². The van der Waals surface area contributed by atoms with Crippen LogP contribution in [0.4, 0.5) is 0 Å². The van der Waals surface area contributed by atoms with Crippen molar-refractivity contribution in [3.63, 3.8) is 0 Å². The van der Waals surface area contributed by atoms with Crippen LogP contribution in [0.1, 0.15) is 45.5 Å². The predicted molar refractivity (Wildman–Crippen MR) is 91.4 cm³/mol. The summed E-state index contributed by atoms with van der Waals surface area (Å²) in [6, 6.07) is 11.4. The van der Waals surface area contributed by atoms with Gasteiger partial charge < -0.3 is 5.32 Å². The Bertz CT molecular complexity index is 500. The van der Waals surface area contributed by atoms with Crippen molar-refractivity contribution in [1.29, 1.82) is 0 Å². The summed E-state index contributed by atoms with van der Waals surface area (Å²) in [6.07, 6.45) is 0. The van der Waals surface area contributed by atoms with Crippen molar-refractivity contribution in [3.05, 3.63) is 35.2 Å². The van der Waals surface area contributed by atoms with Crippen LogP contribution in [0.25, 0.3) is 10.1 Å². The summed E-state index contributed by atoms with van der Waals surface area (Å²) in [6.45, 7) is 12.7. The molecule has 2 heteroatoms. The van der Waals surface area contributed by atoms with E-state index < -0.39 is 0 Å². The molecule has 0 bridgehead atoms. The van der Waals surface area contributed by atoms with Gasteiger partial charge >= 0.3 is 0 Å². The number of hydrogen-bond acceptors (Lipinski definition) is 2. The summed E-state index contributed by atoms with van der Waals surface area (Å²) in [5.41, 5.74) is 0. The highest BCUT2D eigenvalue weighted by atomic mass is 32.1. The molecule has 2 aromatic rings. The fourth-order valence-electron chi connectivity index (χ4n) is 2.87. The Morgan fingerprint density at radius 2 is 1.65 bits per heavy atom. The Hall–Kier alpha value is -0.860. The molecule has 1 heterocycles. The zero-order chi connectivity index (χ0) is 14.7. The Labute approximate surface area is 127 Å². The maximum absolute atomic E-state index is 3.73. The molecule has 0 spiro atoms.